The Labute approximate surface area is 66.4 Å². The molecule has 2 nitrogen and oxygen atoms in total. The van der Waals surface area contributed by atoms with E-state index in [1.807, 2.05) is 11.6 Å². The first-order valence-corrected chi connectivity index (χ1v) is 3.90. The van der Waals surface area contributed by atoms with E-state index in [4.69, 9.17) is 4.74 Å². The highest BCUT2D eigenvalue weighted by molar-refractivity contribution is 5.09. The van der Waals surface area contributed by atoms with E-state index in [0.717, 1.165) is 13.0 Å². The average Bonchev–Trinajstić information content (AvgIpc) is 2.78. The van der Waals surface area contributed by atoms with Gasteiger partial charge in [-0.25, -0.2) is 4.57 Å². The molecular formula is C9H12NO+. The quantitative estimate of drug-likeness (QED) is 0.442. The van der Waals surface area contributed by atoms with Crippen molar-refractivity contribution in [2.24, 2.45) is 7.05 Å². The van der Waals surface area contributed by atoms with E-state index in [1.165, 1.54) is 5.56 Å². The third-order valence-corrected chi connectivity index (χ3v) is 1.91. The van der Waals surface area contributed by atoms with Gasteiger partial charge in [0.15, 0.2) is 12.4 Å². The maximum atomic E-state index is 5.14. The molecule has 58 valence electrons. The molecule has 1 aliphatic heterocycles. The van der Waals surface area contributed by atoms with Gasteiger partial charge in [-0.05, 0) is 5.56 Å². The number of aryl methyl sites for hydroxylation is 1. The van der Waals surface area contributed by atoms with Crippen molar-refractivity contribution in [3.05, 3.63) is 30.1 Å². The number of hydrogen-bond donors (Lipinski definition) is 0. The predicted octanol–water partition coefficient (Wildman–Crippen LogP) is 0.452. The van der Waals surface area contributed by atoms with Crippen molar-refractivity contribution >= 4 is 0 Å². The van der Waals surface area contributed by atoms with Crippen LogP contribution in [0.2, 0.25) is 0 Å². The minimum absolute atomic E-state index is 0.503. The second-order valence-corrected chi connectivity index (χ2v) is 3.03. The number of pyridine rings is 1. The van der Waals surface area contributed by atoms with E-state index >= 15 is 0 Å². The van der Waals surface area contributed by atoms with Gasteiger partial charge in [0.1, 0.15) is 7.05 Å². The number of rotatable bonds is 2. The summed E-state index contributed by atoms with van der Waals surface area (Å²) in [4.78, 5) is 0. The van der Waals surface area contributed by atoms with Crippen LogP contribution in [-0.4, -0.2) is 12.7 Å². The first kappa shape index (κ1) is 6.80. The zero-order chi connectivity index (χ0) is 7.68. The van der Waals surface area contributed by atoms with Crippen molar-refractivity contribution in [3.63, 3.8) is 0 Å². The van der Waals surface area contributed by atoms with Crippen LogP contribution in [0.3, 0.4) is 0 Å². The van der Waals surface area contributed by atoms with E-state index in [-0.39, 0.29) is 0 Å². The van der Waals surface area contributed by atoms with Crippen LogP contribution in [0.5, 0.6) is 0 Å². The minimum Gasteiger partial charge on any atom is -0.373 e. The van der Waals surface area contributed by atoms with Gasteiger partial charge in [0.05, 0.1) is 12.7 Å². The molecule has 1 atom stereocenters. The van der Waals surface area contributed by atoms with Crippen molar-refractivity contribution in [1.29, 1.82) is 0 Å². The maximum Gasteiger partial charge on any atom is 0.168 e. The molecule has 2 heteroatoms. The molecule has 2 heterocycles. The summed E-state index contributed by atoms with van der Waals surface area (Å²) in [6.07, 6.45) is 5.71. The largest absolute Gasteiger partial charge is 0.373 e. The molecule has 0 spiro atoms. The zero-order valence-corrected chi connectivity index (χ0v) is 6.66. The normalized spacial score (nSPS) is 21.7. The first-order chi connectivity index (χ1) is 5.34. The lowest BCUT2D eigenvalue weighted by molar-refractivity contribution is -0.671. The van der Waals surface area contributed by atoms with E-state index in [0.29, 0.717) is 6.10 Å². The highest BCUT2D eigenvalue weighted by Gasteiger charge is 2.22. The van der Waals surface area contributed by atoms with Gasteiger partial charge in [-0.15, -0.1) is 0 Å². The van der Waals surface area contributed by atoms with Crippen LogP contribution in [0.25, 0.3) is 0 Å². The maximum absolute atomic E-state index is 5.14. The Morgan fingerprint density at radius 3 is 2.73 bits per heavy atom. The fourth-order valence-electron chi connectivity index (χ4n) is 1.12. The van der Waals surface area contributed by atoms with Gasteiger partial charge in [0.25, 0.3) is 0 Å². The Bertz CT molecular complexity index is 238. The molecule has 11 heavy (non-hydrogen) atoms. The first-order valence-electron chi connectivity index (χ1n) is 3.90. The molecule has 0 bridgehead atoms. The second-order valence-electron chi connectivity index (χ2n) is 3.03. The van der Waals surface area contributed by atoms with Crippen LogP contribution in [0.4, 0.5) is 0 Å². The molecule has 0 aromatic carbocycles. The van der Waals surface area contributed by atoms with Crippen LogP contribution < -0.4 is 4.57 Å². The van der Waals surface area contributed by atoms with Gasteiger partial charge in [0, 0.05) is 18.6 Å². The molecule has 1 aromatic heterocycles. The highest BCUT2D eigenvalue weighted by Crippen LogP contribution is 2.14. The smallest absolute Gasteiger partial charge is 0.168 e. The van der Waals surface area contributed by atoms with Crippen molar-refractivity contribution in [1.82, 2.24) is 0 Å². The molecule has 0 N–H and O–H groups in total. The van der Waals surface area contributed by atoms with E-state index in [2.05, 4.69) is 24.5 Å². The monoisotopic (exact) mass is 150 g/mol. The van der Waals surface area contributed by atoms with Crippen molar-refractivity contribution < 1.29 is 9.30 Å². The summed E-state index contributed by atoms with van der Waals surface area (Å²) in [5.74, 6) is 0. The highest BCUT2D eigenvalue weighted by atomic mass is 16.6. The summed E-state index contributed by atoms with van der Waals surface area (Å²) in [5, 5.41) is 0. The molecule has 0 saturated carbocycles. The van der Waals surface area contributed by atoms with Crippen molar-refractivity contribution in [2.45, 2.75) is 12.5 Å². The average molecular weight is 150 g/mol. The molecule has 1 aliphatic rings. The van der Waals surface area contributed by atoms with Crippen LogP contribution in [-0.2, 0) is 18.2 Å². The Morgan fingerprint density at radius 2 is 2.18 bits per heavy atom. The molecule has 1 unspecified atom stereocenters. The summed E-state index contributed by atoms with van der Waals surface area (Å²) >= 11 is 0. The van der Waals surface area contributed by atoms with Crippen molar-refractivity contribution in [2.75, 3.05) is 6.61 Å². The van der Waals surface area contributed by atoms with Crippen LogP contribution in [0.15, 0.2) is 24.5 Å². The number of aromatic nitrogens is 1. The van der Waals surface area contributed by atoms with Crippen LogP contribution >= 0.6 is 0 Å². The Balaban J connectivity index is 2.06. The predicted molar refractivity (Wildman–Crippen MR) is 41.1 cm³/mol. The summed E-state index contributed by atoms with van der Waals surface area (Å²) in [5.41, 5.74) is 1.37. The molecule has 1 saturated heterocycles. The summed E-state index contributed by atoms with van der Waals surface area (Å²) in [6, 6.07) is 4.28. The SMILES string of the molecule is C[n+]1ccc(CC2CO2)cc1. The fourth-order valence-corrected chi connectivity index (χ4v) is 1.12. The Morgan fingerprint density at radius 1 is 1.55 bits per heavy atom. The third kappa shape index (κ3) is 1.77. The lowest BCUT2D eigenvalue weighted by Gasteiger charge is -1.93. The molecule has 1 fully saturated rings. The van der Waals surface area contributed by atoms with E-state index in [9.17, 15) is 0 Å². The molecule has 1 aromatic rings. The summed E-state index contributed by atoms with van der Waals surface area (Å²) in [6.45, 7) is 0.945. The molecule has 0 amide bonds. The standard InChI is InChI=1S/C9H12NO/c1-10-4-2-8(3-5-10)6-9-7-11-9/h2-5,9H,6-7H2,1H3/q+1. The van der Waals surface area contributed by atoms with Gasteiger partial charge in [-0.1, -0.05) is 0 Å². The second kappa shape index (κ2) is 2.62. The van der Waals surface area contributed by atoms with Gasteiger partial charge >= 0.3 is 0 Å². The molecule has 2 rings (SSSR count). The van der Waals surface area contributed by atoms with Crippen LogP contribution in [0, 0.1) is 0 Å². The van der Waals surface area contributed by atoms with E-state index in [1.54, 1.807) is 0 Å². The fraction of sp³-hybridized carbons (Fsp3) is 0.444. The zero-order valence-electron chi connectivity index (χ0n) is 6.66. The molecular weight excluding hydrogens is 138 g/mol. The molecule has 0 radical (unpaired) electrons. The summed E-state index contributed by atoms with van der Waals surface area (Å²) in [7, 11) is 2.03. The lowest BCUT2D eigenvalue weighted by atomic mass is 10.1. The van der Waals surface area contributed by atoms with Crippen LogP contribution in [0.1, 0.15) is 5.56 Å². The van der Waals surface area contributed by atoms with Crippen molar-refractivity contribution in [3.8, 4) is 0 Å². The number of nitrogens with zero attached hydrogens (tertiary/aromatic N) is 1. The minimum atomic E-state index is 0.503. The van der Waals surface area contributed by atoms with Gasteiger partial charge in [0.2, 0.25) is 0 Å². The third-order valence-electron chi connectivity index (χ3n) is 1.91. The lowest BCUT2D eigenvalue weighted by Crippen LogP contribution is -2.26. The van der Waals surface area contributed by atoms with E-state index < -0.39 is 0 Å². The van der Waals surface area contributed by atoms with Gasteiger partial charge in [-0.3, -0.25) is 0 Å². The number of ether oxygens (including phenoxy) is 1. The Kier molecular flexibility index (Phi) is 1.62. The summed E-state index contributed by atoms with van der Waals surface area (Å²) < 4.78 is 7.17. The Hall–Kier alpha value is -0.890. The number of hydrogen-bond acceptors (Lipinski definition) is 1. The van der Waals surface area contributed by atoms with Gasteiger partial charge < -0.3 is 4.74 Å². The molecule has 0 aliphatic carbocycles. The number of epoxide rings is 1. The topological polar surface area (TPSA) is 16.4 Å². The van der Waals surface area contributed by atoms with Gasteiger partial charge in [-0.2, -0.15) is 0 Å².